The second-order valence-electron chi connectivity index (χ2n) is 5.59. The van der Waals surface area contributed by atoms with Gasteiger partial charge in [0.2, 0.25) is 5.91 Å². The lowest BCUT2D eigenvalue weighted by molar-refractivity contribution is -0.115. The molecule has 1 heterocycles. The molecular weight excluding hydrogens is 358 g/mol. The summed E-state index contributed by atoms with van der Waals surface area (Å²) in [4.78, 5) is 31.4. The SMILES string of the molecule is CC(=O)c1cccc(NC(=O)[C@H](C)Sc2nc3ccc(Cl)cc3[nH]2)c1. The summed E-state index contributed by atoms with van der Waals surface area (Å²) in [6.07, 6.45) is 0. The summed E-state index contributed by atoms with van der Waals surface area (Å²) in [6.45, 7) is 3.29. The van der Waals surface area contributed by atoms with E-state index in [1.54, 1.807) is 43.3 Å². The van der Waals surface area contributed by atoms with Crippen molar-refractivity contribution in [2.45, 2.75) is 24.3 Å². The van der Waals surface area contributed by atoms with Gasteiger partial charge in [-0.05, 0) is 44.2 Å². The van der Waals surface area contributed by atoms with E-state index < -0.39 is 0 Å². The molecule has 0 aliphatic rings. The van der Waals surface area contributed by atoms with Crippen molar-refractivity contribution >= 4 is 51.8 Å². The van der Waals surface area contributed by atoms with Crippen LogP contribution in [0.1, 0.15) is 24.2 Å². The zero-order valence-corrected chi connectivity index (χ0v) is 15.2. The van der Waals surface area contributed by atoms with Crippen molar-refractivity contribution < 1.29 is 9.59 Å². The quantitative estimate of drug-likeness (QED) is 0.508. The van der Waals surface area contributed by atoms with Crippen LogP contribution in [0.4, 0.5) is 5.69 Å². The fourth-order valence-corrected chi connectivity index (χ4v) is 3.29. The number of ketones is 1. The van der Waals surface area contributed by atoms with Crippen LogP contribution in [0.25, 0.3) is 11.0 Å². The van der Waals surface area contributed by atoms with E-state index in [4.69, 9.17) is 11.6 Å². The van der Waals surface area contributed by atoms with E-state index in [0.717, 1.165) is 11.0 Å². The Labute approximate surface area is 154 Å². The van der Waals surface area contributed by atoms with E-state index in [1.165, 1.54) is 18.7 Å². The highest BCUT2D eigenvalue weighted by Gasteiger charge is 2.17. The third-order valence-corrected chi connectivity index (χ3v) is 4.84. The van der Waals surface area contributed by atoms with Crippen LogP contribution in [-0.2, 0) is 4.79 Å². The lowest BCUT2D eigenvalue weighted by Gasteiger charge is -2.11. The molecule has 128 valence electrons. The molecule has 3 rings (SSSR count). The van der Waals surface area contributed by atoms with Crippen LogP contribution in [0.2, 0.25) is 5.02 Å². The van der Waals surface area contributed by atoms with Gasteiger partial charge in [0.1, 0.15) is 0 Å². The molecule has 0 aliphatic carbocycles. The van der Waals surface area contributed by atoms with Crippen LogP contribution in [0.5, 0.6) is 0 Å². The fourth-order valence-electron chi connectivity index (χ4n) is 2.30. The Morgan fingerprint density at radius 1 is 1.24 bits per heavy atom. The molecule has 0 saturated heterocycles. The number of aromatic nitrogens is 2. The minimum Gasteiger partial charge on any atom is -0.333 e. The number of hydrogen-bond acceptors (Lipinski definition) is 4. The molecule has 1 atom stereocenters. The van der Waals surface area contributed by atoms with Crippen molar-refractivity contribution in [3.8, 4) is 0 Å². The van der Waals surface area contributed by atoms with Gasteiger partial charge < -0.3 is 10.3 Å². The number of amides is 1. The van der Waals surface area contributed by atoms with Crippen molar-refractivity contribution in [3.63, 3.8) is 0 Å². The lowest BCUT2D eigenvalue weighted by atomic mass is 10.1. The van der Waals surface area contributed by atoms with Crippen molar-refractivity contribution in [1.82, 2.24) is 9.97 Å². The normalized spacial score (nSPS) is 12.1. The first-order valence-electron chi connectivity index (χ1n) is 7.66. The van der Waals surface area contributed by atoms with Crippen LogP contribution in [0, 0.1) is 0 Å². The lowest BCUT2D eigenvalue weighted by Crippen LogP contribution is -2.22. The number of nitrogens with zero attached hydrogens (tertiary/aromatic N) is 1. The summed E-state index contributed by atoms with van der Waals surface area (Å²) in [6, 6.07) is 12.3. The standard InChI is InChI=1S/C18H16ClN3O2S/c1-10(23)12-4-3-5-14(8-12)20-17(24)11(2)25-18-21-15-7-6-13(19)9-16(15)22-18/h3-9,11H,1-2H3,(H,20,24)(H,21,22)/t11-/m0/s1. The van der Waals surface area contributed by atoms with Gasteiger partial charge in [-0.2, -0.15) is 0 Å². The maximum atomic E-state index is 12.4. The first-order valence-corrected chi connectivity index (χ1v) is 8.92. The molecule has 5 nitrogen and oxygen atoms in total. The van der Waals surface area contributed by atoms with Gasteiger partial charge in [-0.25, -0.2) is 4.98 Å². The molecule has 25 heavy (non-hydrogen) atoms. The predicted octanol–water partition coefficient (Wildman–Crippen LogP) is 4.54. The molecule has 0 fully saturated rings. The Kier molecular flexibility index (Phi) is 5.11. The molecule has 0 spiro atoms. The summed E-state index contributed by atoms with van der Waals surface area (Å²) in [5.74, 6) is -0.205. The number of rotatable bonds is 5. The Hall–Kier alpha value is -2.31. The molecule has 2 aromatic carbocycles. The van der Waals surface area contributed by atoms with E-state index in [9.17, 15) is 9.59 Å². The molecule has 7 heteroatoms. The molecule has 3 aromatic rings. The second-order valence-corrected chi connectivity index (χ2v) is 7.36. The Bertz CT molecular complexity index is 954. The molecule has 2 N–H and O–H groups in total. The number of fused-ring (bicyclic) bond motifs is 1. The van der Waals surface area contributed by atoms with Gasteiger partial charge in [0, 0.05) is 16.3 Å². The molecule has 1 aromatic heterocycles. The highest BCUT2D eigenvalue weighted by atomic mass is 35.5. The molecule has 0 saturated carbocycles. The highest BCUT2D eigenvalue weighted by Crippen LogP contribution is 2.26. The van der Waals surface area contributed by atoms with Crippen molar-refractivity contribution in [1.29, 1.82) is 0 Å². The smallest absolute Gasteiger partial charge is 0.237 e. The van der Waals surface area contributed by atoms with Gasteiger partial charge in [0.25, 0.3) is 0 Å². The number of imidazole rings is 1. The van der Waals surface area contributed by atoms with E-state index in [2.05, 4.69) is 15.3 Å². The first-order chi connectivity index (χ1) is 11.9. The maximum absolute atomic E-state index is 12.4. The number of H-pyrrole nitrogens is 1. The van der Waals surface area contributed by atoms with Gasteiger partial charge in [0.15, 0.2) is 10.9 Å². The van der Waals surface area contributed by atoms with E-state index in [0.29, 0.717) is 21.4 Å². The van der Waals surface area contributed by atoms with Crippen LogP contribution < -0.4 is 5.32 Å². The average molecular weight is 374 g/mol. The van der Waals surface area contributed by atoms with Gasteiger partial charge in [0.05, 0.1) is 16.3 Å². The molecular formula is C18H16ClN3O2S. The van der Waals surface area contributed by atoms with Crippen LogP contribution in [-0.4, -0.2) is 26.9 Å². The molecule has 0 radical (unpaired) electrons. The van der Waals surface area contributed by atoms with E-state index in [1.807, 2.05) is 6.07 Å². The number of carbonyl (C=O) groups excluding carboxylic acids is 2. The number of halogens is 1. The van der Waals surface area contributed by atoms with Crippen molar-refractivity contribution in [3.05, 3.63) is 53.1 Å². The largest absolute Gasteiger partial charge is 0.333 e. The molecule has 1 amide bonds. The minimum atomic E-state index is -0.364. The number of thioether (sulfide) groups is 1. The number of carbonyl (C=O) groups is 2. The maximum Gasteiger partial charge on any atom is 0.237 e. The zero-order chi connectivity index (χ0) is 18.0. The molecule has 0 bridgehead atoms. The van der Waals surface area contributed by atoms with Gasteiger partial charge in [-0.1, -0.05) is 35.5 Å². The van der Waals surface area contributed by atoms with Gasteiger partial charge >= 0.3 is 0 Å². The zero-order valence-electron chi connectivity index (χ0n) is 13.7. The van der Waals surface area contributed by atoms with Crippen molar-refractivity contribution in [2.75, 3.05) is 5.32 Å². The Morgan fingerprint density at radius 3 is 2.80 bits per heavy atom. The van der Waals surface area contributed by atoms with E-state index >= 15 is 0 Å². The number of nitrogens with one attached hydrogen (secondary N) is 2. The second kappa shape index (κ2) is 7.29. The van der Waals surface area contributed by atoms with Gasteiger partial charge in [-0.3, -0.25) is 9.59 Å². The van der Waals surface area contributed by atoms with Crippen LogP contribution >= 0.6 is 23.4 Å². The Balaban J connectivity index is 1.69. The summed E-state index contributed by atoms with van der Waals surface area (Å²) in [5.41, 5.74) is 2.79. The van der Waals surface area contributed by atoms with Crippen LogP contribution in [0.15, 0.2) is 47.6 Å². The van der Waals surface area contributed by atoms with Gasteiger partial charge in [-0.15, -0.1) is 0 Å². The first kappa shape index (κ1) is 17.5. The summed E-state index contributed by atoms with van der Waals surface area (Å²) >= 11 is 7.29. The number of aromatic amines is 1. The highest BCUT2D eigenvalue weighted by molar-refractivity contribution is 8.00. The number of Topliss-reactive ketones (excluding diaryl/α,β-unsaturated/α-hetero) is 1. The molecule has 0 unspecified atom stereocenters. The number of anilines is 1. The number of hydrogen-bond donors (Lipinski definition) is 2. The van der Waals surface area contributed by atoms with Crippen molar-refractivity contribution in [2.24, 2.45) is 0 Å². The number of benzene rings is 2. The van der Waals surface area contributed by atoms with Crippen LogP contribution in [0.3, 0.4) is 0 Å². The fraction of sp³-hybridized carbons (Fsp3) is 0.167. The molecule has 0 aliphatic heterocycles. The summed E-state index contributed by atoms with van der Waals surface area (Å²) in [7, 11) is 0. The summed E-state index contributed by atoms with van der Waals surface area (Å²) < 4.78 is 0. The third-order valence-electron chi connectivity index (χ3n) is 3.62. The topological polar surface area (TPSA) is 74.8 Å². The monoisotopic (exact) mass is 373 g/mol. The Morgan fingerprint density at radius 2 is 2.04 bits per heavy atom. The predicted molar refractivity (Wildman–Crippen MR) is 101 cm³/mol. The minimum absolute atomic E-state index is 0.0422. The third kappa shape index (κ3) is 4.21. The average Bonchev–Trinajstić information content (AvgIpc) is 2.96. The summed E-state index contributed by atoms with van der Waals surface area (Å²) in [5, 5.41) is 3.74. The van der Waals surface area contributed by atoms with E-state index in [-0.39, 0.29) is 16.9 Å².